The van der Waals surface area contributed by atoms with Crippen molar-refractivity contribution in [2.24, 2.45) is 0 Å². The van der Waals surface area contributed by atoms with Gasteiger partial charge in [-0.05, 0) is 32.9 Å². The van der Waals surface area contributed by atoms with E-state index in [1.807, 2.05) is 20.8 Å². The minimum absolute atomic E-state index is 0.130. The van der Waals surface area contributed by atoms with Crippen molar-refractivity contribution in [1.82, 2.24) is 15.1 Å². The number of hydrogen-bond donors (Lipinski definition) is 2. The fourth-order valence-electron chi connectivity index (χ4n) is 2.10. The third-order valence-corrected chi connectivity index (χ3v) is 2.96. The molecule has 6 heteroatoms. The zero-order chi connectivity index (χ0) is 15.6. The van der Waals surface area contributed by atoms with Crippen LogP contribution in [0.2, 0.25) is 0 Å². The molecule has 6 nitrogen and oxygen atoms in total. The molecule has 2 aromatic rings. The van der Waals surface area contributed by atoms with Crippen LogP contribution in [-0.2, 0) is 11.3 Å². The van der Waals surface area contributed by atoms with E-state index in [1.165, 1.54) is 4.68 Å². The maximum atomic E-state index is 12.2. The average Bonchev–Trinajstić information content (AvgIpc) is 2.39. The van der Waals surface area contributed by atoms with Gasteiger partial charge < -0.3 is 5.32 Å². The van der Waals surface area contributed by atoms with Crippen molar-refractivity contribution in [3.8, 4) is 0 Å². The Morgan fingerprint density at radius 2 is 1.81 bits per heavy atom. The summed E-state index contributed by atoms with van der Waals surface area (Å²) in [7, 11) is 0. The van der Waals surface area contributed by atoms with E-state index in [-0.39, 0.29) is 35.5 Å². The molecule has 0 aliphatic carbocycles. The summed E-state index contributed by atoms with van der Waals surface area (Å²) >= 11 is 0. The van der Waals surface area contributed by atoms with Gasteiger partial charge in [0, 0.05) is 12.0 Å². The Labute approximate surface area is 121 Å². The number of amides is 1. The number of fused-ring (bicyclic) bond motifs is 1. The van der Waals surface area contributed by atoms with E-state index in [4.69, 9.17) is 0 Å². The first-order valence-corrected chi connectivity index (χ1v) is 6.81. The molecule has 0 saturated heterocycles. The van der Waals surface area contributed by atoms with Crippen molar-refractivity contribution in [2.45, 2.75) is 39.3 Å². The molecule has 1 amide bonds. The highest BCUT2D eigenvalue weighted by molar-refractivity contribution is 5.80. The first-order chi connectivity index (χ1) is 9.78. The normalized spacial score (nSPS) is 11.6. The average molecular weight is 289 g/mol. The Kier molecular flexibility index (Phi) is 3.97. The topological polar surface area (TPSA) is 84.0 Å². The standard InChI is InChI=1S/C15H19N3O3/c1-15(2,3)16-12(19)8-9-18-14(21)11-7-5-4-6-10(11)13(20)17-18/h4-7H,8-9H2,1-3H3,(H,16,19)(H,17,20). The monoisotopic (exact) mass is 289 g/mol. The Morgan fingerprint density at radius 1 is 1.19 bits per heavy atom. The molecule has 1 aromatic heterocycles. The molecular weight excluding hydrogens is 270 g/mol. The van der Waals surface area contributed by atoms with Gasteiger partial charge in [0.2, 0.25) is 5.91 Å². The fourth-order valence-corrected chi connectivity index (χ4v) is 2.10. The molecule has 0 bridgehead atoms. The van der Waals surface area contributed by atoms with E-state index in [9.17, 15) is 14.4 Å². The van der Waals surface area contributed by atoms with E-state index >= 15 is 0 Å². The summed E-state index contributed by atoms with van der Waals surface area (Å²) in [5.41, 5.74) is -0.950. The van der Waals surface area contributed by atoms with Gasteiger partial charge in [-0.1, -0.05) is 12.1 Å². The quantitative estimate of drug-likeness (QED) is 0.884. The van der Waals surface area contributed by atoms with Gasteiger partial charge in [0.15, 0.2) is 0 Å². The summed E-state index contributed by atoms with van der Waals surface area (Å²) in [6.07, 6.45) is 0.130. The molecule has 0 saturated carbocycles. The van der Waals surface area contributed by atoms with Gasteiger partial charge in [0.25, 0.3) is 11.1 Å². The van der Waals surface area contributed by atoms with Gasteiger partial charge in [-0.15, -0.1) is 0 Å². The predicted octanol–water partition coefficient (Wildman–Crippen LogP) is 0.995. The van der Waals surface area contributed by atoms with Crippen LogP contribution in [0.5, 0.6) is 0 Å². The molecule has 21 heavy (non-hydrogen) atoms. The maximum absolute atomic E-state index is 12.2. The molecule has 0 fully saturated rings. The summed E-state index contributed by atoms with van der Waals surface area (Å²) in [5.74, 6) is -0.164. The molecule has 112 valence electrons. The maximum Gasteiger partial charge on any atom is 0.273 e. The highest BCUT2D eigenvalue weighted by Crippen LogP contribution is 2.03. The van der Waals surface area contributed by atoms with Crippen molar-refractivity contribution in [1.29, 1.82) is 0 Å². The van der Waals surface area contributed by atoms with Gasteiger partial charge in [-0.2, -0.15) is 0 Å². The van der Waals surface area contributed by atoms with Crippen molar-refractivity contribution < 1.29 is 4.79 Å². The van der Waals surface area contributed by atoms with Crippen LogP contribution in [0.25, 0.3) is 10.8 Å². The van der Waals surface area contributed by atoms with Crippen LogP contribution in [0.1, 0.15) is 27.2 Å². The molecule has 0 radical (unpaired) electrons. The zero-order valence-corrected chi connectivity index (χ0v) is 12.4. The van der Waals surface area contributed by atoms with E-state index < -0.39 is 0 Å². The second-order valence-electron chi connectivity index (χ2n) is 5.99. The van der Waals surface area contributed by atoms with E-state index in [1.54, 1.807) is 24.3 Å². The van der Waals surface area contributed by atoms with Crippen molar-refractivity contribution in [3.05, 3.63) is 45.0 Å². The summed E-state index contributed by atoms with van der Waals surface area (Å²) in [4.78, 5) is 35.9. The zero-order valence-electron chi connectivity index (χ0n) is 12.4. The van der Waals surface area contributed by atoms with Crippen LogP contribution in [-0.4, -0.2) is 21.2 Å². The highest BCUT2D eigenvalue weighted by Gasteiger charge is 2.14. The molecule has 2 rings (SSSR count). The molecule has 0 spiro atoms. The number of nitrogens with zero attached hydrogens (tertiary/aromatic N) is 1. The molecule has 1 heterocycles. The fraction of sp³-hybridized carbons (Fsp3) is 0.400. The first-order valence-electron chi connectivity index (χ1n) is 6.81. The Bertz CT molecular complexity index is 781. The van der Waals surface area contributed by atoms with Gasteiger partial charge in [0.05, 0.1) is 17.3 Å². The largest absolute Gasteiger partial charge is 0.351 e. The molecule has 2 N–H and O–H groups in total. The second kappa shape index (κ2) is 5.55. The number of carbonyl (C=O) groups excluding carboxylic acids is 1. The summed E-state index contributed by atoms with van der Waals surface area (Å²) in [5, 5.41) is 6.04. The molecular formula is C15H19N3O3. The molecule has 1 aromatic carbocycles. The summed E-state index contributed by atoms with van der Waals surface area (Å²) in [6.45, 7) is 5.79. The van der Waals surface area contributed by atoms with Crippen LogP contribution < -0.4 is 16.4 Å². The SMILES string of the molecule is CC(C)(C)NC(=O)CCn1[nH]c(=O)c2ccccc2c1=O. The molecule has 0 atom stereocenters. The minimum Gasteiger partial charge on any atom is -0.351 e. The van der Waals surface area contributed by atoms with Crippen LogP contribution >= 0.6 is 0 Å². The number of rotatable bonds is 3. The Hall–Kier alpha value is -2.37. The Morgan fingerprint density at radius 3 is 2.43 bits per heavy atom. The number of H-pyrrole nitrogens is 1. The van der Waals surface area contributed by atoms with E-state index in [2.05, 4.69) is 10.4 Å². The van der Waals surface area contributed by atoms with Crippen LogP contribution in [0.4, 0.5) is 0 Å². The number of hydrogen-bond acceptors (Lipinski definition) is 3. The summed E-state index contributed by atoms with van der Waals surface area (Å²) in [6, 6.07) is 6.63. The lowest BCUT2D eigenvalue weighted by Gasteiger charge is -2.20. The van der Waals surface area contributed by atoms with Crippen molar-refractivity contribution >= 4 is 16.7 Å². The third kappa shape index (κ3) is 3.59. The smallest absolute Gasteiger partial charge is 0.273 e. The number of aromatic nitrogens is 2. The van der Waals surface area contributed by atoms with Gasteiger partial charge in [-0.3, -0.25) is 19.5 Å². The lowest BCUT2D eigenvalue weighted by molar-refractivity contribution is -0.122. The van der Waals surface area contributed by atoms with E-state index in [0.717, 1.165) is 0 Å². The highest BCUT2D eigenvalue weighted by atomic mass is 16.2. The van der Waals surface area contributed by atoms with Crippen LogP contribution in [0.15, 0.2) is 33.9 Å². The van der Waals surface area contributed by atoms with Crippen molar-refractivity contribution in [3.63, 3.8) is 0 Å². The number of benzene rings is 1. The minimum atomic E-state index is -0.332. The lowest BCUT2D eigenvalue weighted by Crippen LogP contribution is -2.41. The predicted molar refractivity (Wildman–Crippen MR) is 81.3 cm³/mol. The third-order valence-electron chi connectivity index (χ3n) is 2.96. The van der Waals surface area contributed by atoms with Gasteiger partial charge >= 0.3 is 0 Å². The Balaban J connectivity index is 2.24. The second-order valence-corrected chi connectivity index (χ2v) is 5.99. The molecule has 0 aliphatic rings. The van der Waals surface area contributed by atoms with Crippen molar-refractivity contribution in [2.75, 3.05) is 0 Å². The number of aromatic amines is 1. The van der Waals surface area contributed by atoms with Gasteiger partial charge in [0.1, 0.15) is 0 Å². The number of aryl methyl sites for hydroxylation is 1. The van der Waals surface area contributed by atoms with E-state index in [0.29, 0.717) is 10.8 Å². The number of nitrogens with one attached hydrogen (secondary N) is 2. The van der Waals surface area contributed by atoms with Crippen LogP contribution in [0.3, 0.4) is 0 Å². The lowest BCUT2D eigenvalue weighted by atomic mass is 10.1. The van der Waals surface area contributed by atoms with Gasteiger partial charge in [-0.25, -0.2) is 4.68 Å². The van der Waals surface area contributed by atoms with Crippen LogP contribution in [0, 0.1) is 0 Å². The molecule has 0 unspecified atom stereocenters. The molecule has 0 aliphatic heterocycles. The number of carbonyl (C=O) groups is 1. The first kappa shape index (κ1) is 15.0. The summed E-state index contributed by atoms with van der Waals surface area (Å²) < 4.78 is 1.19.